The number of aromatic nitrogens is 2. The molecule has 136 valence electrons. The van der Waals surface area contributed by atoms with E-state index in [0.29, 0.717) is 21.6 Å². The van der Waals surface area contributed by atoms with E-state index >= 15 is 0 Å². The summed E-state index contributed by atoms with van der Waals surface area (Å²) in [7, 11) is 3.22. The van der Waals surface area contributed by atoms with Gasteiger partial charge in [0.2, 0.25) is 0 Å². The summed E-state index contributed by atoms with van der Waals surface area (Å²) in [4.78, 5) is 12.2. The smallest absolute Gasteiger partial charge is 0.349 e. The second-order valence-corrected chi connectivity index (χ2v) is 7.51. The molecule has 2 N–H and O–H groups in total. The van der Waals surface area contributed by atoms with E-state index in [2.05, 4.69) is 15.7 Å². The van der Waals surface area contributed by atoms with Gasteiger partial charge in [0.05, 0.1) is 17.8 Å². The van der Waals surface area contributed by atoms with E-state index < -0.39 is 5.97 Å². The third kappa shape index (κ3) is 3.82. The number of aryl methyl sites for hydroxylation is 2. The van der Waals surface area contributed by atoms with E-state index in [1.54, 1.807) is 4.68 Å². The standard InChI is InChI=1S/C17H17ClN4O2S2/c1-9-10(8-22(2)21-9)7-19-17(25)20-11-4-5-12-13(6-11)26-15(14(12)18)16(23)24-3/h4-6,8H,7H2,1-3H3,(H2,19,20,25). The van der Waals surface area contributed by atoms with Crippen molar-refractivity contribution in [1.29, 1.82) is 0 Å². The van der Waals surface area contributed by atoms with Gasteiger partial charge in [0.15, 0.2) is 5.11 Å². The third-order valence-electron chi connectivity index (χ3n) is 3.81. The number of nitrogens with zero attached hydrogens (tertiary/aromatic N) is 2. The fourth-order valence-corrected chi connectivity index (χ4v) is 4.20. The van der Waals surface area contributed by atoms with Gasteiger partial charge in [0, 0.05) is 41.1 Å². The van der Waals surface area contributed by atoms with Crippen LogP contribution in [0.25, 0.3) is 10.1 Å². The number of rotatable bonds is 4. The van der Waals surface area contributed by atoms with Gasteiger partial charge in [-0.2, -0.15) is 5.10 Å². The fraction of sp³-hybridized carbons (Fsp3) is 0.235. The first kappa shape index (κ1) is 18.6. The molecule has 0 aliphatic rings. The molecule has 0 radical (unpaired) electrons. The molecule has 9 heteroatoms. The molecule has 0 aliphatic heterocycles. The van der Waals surface area contributed by atoms with E-state index in [-0.39, 0.29) is 0 Å². The number of carbonyl (C=O) groups excluding carboxylic acids is 1. The van der Waals surface area contributed by atoms with Crippen molar-refractivity contribution < 1.29 is 9.53 Å². The number of carbonyl (C=O) groups is 1. The first-order valence-corrected chi connectivity index (χ1v) is 9.33. The van der Waals surface area contributed by atoms with Crippen molar-refractivity contribution in [2.45, 2.75) is 13.5 Å². The number of ether oxygens (including phenoxy) is 1. The predicted molar refractivity (Wildman–Crippen MR) is 109 cm³/mol. The van der Waals surface area contributed by atoms with Gasteiger partial charge in [0.25, 0.3) is 0 Å². The minimum absolute atomic E-state index is 0.397. The van der Waals surface area contributed by atoms with E-state index in [1.165, 1.54) is 18.4 Å². The molecule has 1 aromatic carbocycles. The maximum absolute atomic E-state index is 11.8. The minimum Gasteiger partial charge on any atom is -0.465 e. The SMILES string of the molecule is COC(=O)c1sc2cc(NC(=S)NCc3cn(C)nc3C)ccc2c1Cl. The molecule has 0 amide bonds. The Bertz CT molecular complexity index is 996. The van der Waals surface area contributed by atoms with Crippen LogP contribution in [0.15, 0.2) is 24.4 Å². The molecule has 0 unspecified atom stereocenters. The minimum atomic E-state index is -0.435. The van der Waals surface area contributed by atoms with E-state index in [4.69, 9.17) is 28.6 Å². The molecule has 0 aliphatic carbocycles. The van der Waals surface area contributed by atoms with Crippen molar-refractivity contribution >= 4 is 62.0 Å². The van der Waals surface area contributed by atoms with E-state index in [9.17, 15) is 4.79 Å². The molecule has 0 atom stereocenters. The van der Waals surface area contributed by atoms with Crippen molar-refractivity contribution in [3.8, 4) is 0 Å². The average molecular weight is 409 g/mol. The van der Waals surface area contributed by atoms with Crippen molar-refractivity contribution in [2.24, 2.45) is 7.05 Å². The quantitative estimate of drug-likeness (QED) is 0.504. The average Bonchev–Trinajstić information content (AvgIpc) is 3.11. The second kappa shape index (κ2) is 7.61. The summed E-state index contributed by atoms with van der Waals surface area (Å²) in [6, 6.07) is 5.63. The third-order valence-corrected chi connectivity index (χ3v) is 5.70. The summed E-state index contributed by atoms with van der Waals surface area (Å²) < 4.78 is 7.42. The normalized spacial score (nSPS) is 10.8. The number of hydrogen-bond acceptors (Lipinski definition) is 5. The summed E-state index contributed by atoms with van der Waals surface area (Å²) in [5, 5.41) is 12.3. The number of hydrogen-bond donors (Lipinski definition) is 2. The molecule has 26 heavy (non-hydrogen) atoms. The Morgan fingerprint density at radius 3 is 2.88 bits per heavy atom. The molecule has 2 heterocycles. The number of thiocarbonyl (C=S) groups is 1. The van der Waals surface area contributed by atoms with Gasteiger partial charge in [-0.25, -0.2) is 4.79 Å². The Kier molecular flexibility index (Phi) is 5.45. The van der Waals surface area contributed by atoms with Crippen molar-refractivity contribution in [1.82, 2.24) is 15.1 Å². The highest BCUT2D eigenvalue weighted by Crippen LogP contribution is 2.37. The number of nitrogens with one attached hydrogen (secondary N) is 2. The number of methoxy groups -OCH3 is 1. The molecule has 0 bridgehead atoms. The molecule has 0 saturated carbocycles. The van der Waals surface area contributed by atoms with Gasteiger partial charge >= 0.3 is 5.97 Å². The second-order valence-electron chi connectivity index (χ2n) is 5.67. The van der Waals surface area contributed by atoms with Crippen LogP contribution in [0.1, 0.15) is 20.9 Å². The summed E-state index contributed by atoms with van der Waals surface area (Å²) >= 11 is 12.9. The fourth-order valence-electron chi connectivity index (χ4n) is 2.54. The van der Waals surface area contributed by atoms with Crippen LogP contribution in [-0.4, -0.2) is 28.0 Å². The van der Waals surface area contributed by atoms with Gasteiger partial charge in [-0.05, 0) is 37.3 Å². The number of anilines is 1. The Morgan fingerprint density at radius 1 is 1.46 bits per heavy atom. The van der Waals surface area contributed by atoms with Gasteiger partial charge in [-0.3, -0.25) is 4.68 Å². The van der Waals surface area contributed by atoms with Gasteiger partial charge in [0.1, 0.15) is 4.88 Å². The molecular weight excluding hydrogens is 392 g/mol. The lowest BCUT2D eigenvalue weighted by atomic mass is 10.2. The van der Waals surface area contributed by atoms with Crippen LogP contribution >= 0.6 is 35.2 Å². The summed E-state index contributed by atoms with van der Waals surface area (Å²) in [5.74, 6) is -0.435. The van der Waals surface area contributed by atoms with Crippen LogP contribution in [0, 0.1) is 6.92 Å². The molecule has 3 aromatic rings. The number of benzene rings is 1. The summed E-state index contributed by atoms with van der Waals surface area (Å²) in [6.45, 7) is 2.55. The zero-order chi connectivity index (χ0) is 18.8. The molecular formula is C17H17ClN4O2S2. The Hall–Kier alpha value is -2.16. The van der Waals surface area contributed by atoms with Crippen LogP contribution in [0.5, 0.6) is 0 Å². The Labute approximate surface area is 165 Å². The number of esters is 1. The monoisotopic (exact) mass is 408 g/mol. The highest BCUT2D eigenvalue weighted by atomic mass is 35.5. The van der Waals surface area contributed by atoms with Gasteiger partial charge in [-0.15, -0.1) is 11.3 Å². The molecule has 0 spiro atoms. The maximum Gasteiger partial charge on any atom is 0.349 e. The van der Waals surface area contributed by atoms with Gasteiger partial charge < -0.3 is 15.4 Å². The lowest BCUT2D eigenvalue weighted by Crippen LogP contribution is -2.27. The molecule has 6 nitrogen and oxygen atoms in total. The summed E-state index contributed by atoms with van der Waals surface area (Å²) in [5.41, 5.74) is 2.86. The Morgan fingerprint density at radius 2 is 2.23 bits per heavy atom. The van der Waals surface area contributed by atoms with Gasteiger partial charge in [-0.1, -0.05) is 11.6 Å². The highest BCUT2D eigenvalue weighted by molar-refractivity contribution is 7.80. The van der Waals surface area contributed by atoms with Crippen LogP contribution < -0.4 is 10.6 Å². The highest BCUT2D eigenvalue weighted by Gasteiger charge is 2.17. The maximum atomic E-state index is 11.8. The topological polar surface area (TPSA) is 68.2 Å². The first-order chi connectivity index (χ1) is 12.4. The predicted octanol–water partition coefficient (Wildman–Crippen LogP) is 3.87. The van der Waals surface area contributed by atoms with Crippen LogP contribution in [0.2, 0.25) is 5.02 Å². The zero-order valence-electron chi connectivity index (χ0n) is 14.4. The van der Waals surface area contributed by atoms with Crippen LogP contribution in [0.4, 0.5) is 5.69 Å². The van der Waals surface area contributed by atoms with E-state index in [0.717, 1.165) is 27.0 Å². The Balaban J connectivity index is 1.71. The summed E-state index contributed by atoms with van der Waals surface area (Å²) in [6.07, 6.45) is 1.96. The molecule has 0 fully saturated rings. The molecule has 2 aromatic heterocycles. The first-order valence-electron chi connectivity index (χ1n) is 7.73. The van der Waals surface area contributed by atoms with Crippen molar-refractivity contribution in [2.75, 3.05) is 12.4 Å². The number of thiophene rings is 1. The largest absolute Gasteiger partial charge is 0.465 e. The molecule has 3 rings (SSSR count). The number of fused-ring (bicyclic) bond motifs is 1. The zero-order valence-corrected chi connectivity index (χ0v) is 16.8. The van der Waals surface area contributed by atoms with E-state index in [1.807, 2.05) is 38.4 Å². The van der Waals surface area contributed by atoms with Crippen molar-refractivity contribution in [3.05, 3.63) is 45.6 Å². The van der Waals surface area contributed by atoms with Crippen LogP contribution in [0.3, 0.4) is 0 Å². The lowest BCUT2D eigenvalue weighted by molar-refractivity contribution is 0.0606. The molecule has 0 saturated heterocycles. The van der Waals surface area contributed by atoms with Crippen LogP contribution in [-0.2, 0) is 18.3 Å². The lowest BCUT2D eigenvalue weighted by Gasteiger charge is -2.10. The van der Waals surface area contributed by atoms with Crippen molar-refractivity contribution in [3.63, 3.8) is 0 Å². The number of halogens is 1.